The Bertz CT molecular complexity index is 133. The second kappa shape index (κ2) is 11.4. The monoisotopic (exact) mass is 227 g/mol. The first-order valence-electron chi connectivity index (χ1n) is 7.50. The lowest BCUT2D eigenvalue weighted by molar-refractivity contribution is 0.387. The smallest absolute Gasteiger partial charge is 0.00668 e. The first kappa shape index (κ1) is 16.0. The summed E-state index contributed by atoms with van der Waals surface area (Å²) in [5.74, 6) is 0. The normalized spacial score (nSPS) is 15.0. The predicted molar refractivity (Wildman–Crippen MR) is 75.0 cm³/mol. The van der Waals surface area contributed by atoms with Crippen molar-refractivity contribution < 1.29 is 0 Å². The molecule has 0 aliphatic rings. The first-order chi connectivity index (χ1) is 7.74. The molecule has 0 aliphatic carbocycles. The average Bonchev–Trinajstić information content (AvgIpc) is 2.28. The van der Waals surface area contributed by atoms with Crippen LogP contribution in [0.4, 0.5) is 0 Å². The maximum Gasteiger partial charge on any atom is 0.00668 e. The van der Waals surface area contributed by atoms with Crippen molar-refractivity contribution in [1.82, 2.24) is 5.32 Å². The fourth-order valence-corrected chi connectivity index (χ4v) is 2.29. The van der Waals surface area contributed by atoms with E-state index in [0.717, 1.165) is 6.04 Å². The van der Waals surface area contributed by atoms with Gasteiger partial charge in [0.25, 0.3) is 0 Å². The molecular weight excluding hydrogens is 194 g/mol. The van der Waals surface area contributed by atoms with Gasteiger partial charge in [-0.3, -0.25) is 0 Å². The predicted octanol–water partition coefficient (Wildman–Crippen LogP) is 4.90. The van der Waals surface area contributed by atoms with Gasteiger partial charge in [-0.2, -0.15) is 0 Å². The molecular formula is C15H33N. The van der Waals surface area contributed by atoms with Crippen molar-refractivity contribution in [2.24, 2.45) is 0 Å². The molecule has 0 aromatic heterocycles. The van der Waals surface area contributed by atoms with Gasteiger partial charge < -0.3 is 5.32 Å². The molecule has 0 amide bonds. The summed E-state index contributed by atoms with van der Waals surface area (Å²) in [5, 5.41) is 3.76. The van der Waals surface area contributed by atoms with E-state index < -0.39 is 0 Å². The van der Waals surface area contributed by atoms with Crippen molar-refractivity contribution in [2.45, 2.75) is 97.6 Å². The van der Waals surface area contributed by atoms with Crippen molar-refractivity contribution in [3.05, 3.63) is 0 Å². The lowest BCUT2D eigenvalue weighted by atomic mass is 10.0. The van der Waals surface area contributed by atoms with Crippen LogP contribution in [0.2, 0.25) is 0 Å². The van der Waals surface area contributed by atoms with Crippen LogP contribution < -0.4 is 5.32 Å². The van der Waals surface area contributed by atoms with Crippen LogP contribution >= 0.6 is 0 Å². The van der Waals surface area contributed by atoms with Gasteiger partial charge in [-0.25, -0.2) is 0 Å². The van der Waals surface area contributed by atoms with Gasteiger partial charge in [-0.15, -0.1) is 0 Å². The maximum atomic E-state index is 3.76. The van der Waals surface area contributed by atoms with E-state index in [1.54, 1.807) is 0 Å². The van der Waals surface area contributed by atoms with E-state index >= 15 is 0 Å². The molecule has 0 saturated carbocycles. The van der Waals surface area contributed by atoms with E-state index in [-0.39, 0.29) is 0 Å². The molecule has 0 heterocycles. The number of rotatable bonds is 11. The zero-order valence-electron chi connectivity index (χ0n) is 12.0. The third kappa shape index (κ3) is 9.21. The van der Waals surface area contributed by atoms with E-state index in [2.05, 4.69) is 33.0 Å². The molecule has 0 rings (SSSR count). The van der Waals surface area contributed by atoms with Gasteiger partial charge in [0.15, 0.2) is 0 Å². The second-order valence-corrected chi connectivity index (χ2v) is 5.16. The van der Waals surface area contributed by atoms with Gasteiger partial charge in [-0.1, -0.05) is 59.3 Å². The molecule has 1 heteroatoms. The summed E-state index contributed by atoms with van der Waals surface area (Å²) in [6, 6.07) is 1.45. The van der Waals surface area contributed by atoms with Crippen molar-refractivity contribution in [3.63, 3.8) is 0 Å². The molecule has 2 unspecified atom stereocenters. The fraction of sp³-hybridized carbons (Fsp3) is 1.00. The molecule has 98 valence electrons. The molecule has 16 heavy (non-hydrogen) atoms. The maximum absolute atomic E-state index is 3.76. The van der Waals surface area contributed by atoms with Gasteiger partial charge in [-0.05, 0) is 26.2 Å². The molecule has 0 spiro atoms. The first-order valence-corrected chi connectivity index (χ1v) is 7.50. The van der Waals surface area contributed by atoms with Gasteiger partial charge in [0.1, 0.15) is 0 Å². The molecule has 0 aromatic rings. The van der Waals surface area contributed by atoms with Crippen molar-refractivity contribution in [3.8, 4) is 0 Å². The lowest BCUT2D eigenvalue weighted by Gasteiger charge is -2.21. The van der Waals surface area contributed by atoms with E-state index in [4.69, 9.17) is 0 Å². The van der Waals surface area contributed by atoms with Crippen LogP contribution in [-0.2, 0) is 0 Å². The molecule has 0 bridgehead atoms. The number of unbranched alkanes of at least 4 members (excludes halogenated alkanes) is 4. The van der Waals surface area contributed by atoms with Crippen LogP contribution in [-0.4, -0.2) is 12.1 Å². The Balaban J connectivity index is 3.44. The quantitative estimate of drug-likeness (QED) is 0.495. The van der Waals surface area contributed by atoms with Gasteiger partial charge in [0, 0.05) is 12.1 Å². The third-order valence-corrected chi connectivity index (χ3v) is 3.39. The average molecular weight is 227 g/mol. The lowest BCUT2D eigenvalue weighted by Crippen LogP contribution is -2.35. The van der Waals surface area contributed by atoms with E-state index in [1.165, 1.54) is 57.8 Å². The molecule has 2 atom stereocenters. The van der Waals surface area contributed by atoms with Crippen molar-refractivity contribution in [1.29, 1.82) is 0 Å². The molecule has 1 N–H and O–H groups in total. The molecule has 0 aliphatic heterocycles. The molecule has 0 radical (unpaired) electrons. The summed E-state index contributed by atoms with van der Waals surface area (Å²) in [6.45, 7) is 9.19. The second-order valence-electron chi connectivity index (χ2n) is 5.16. The molecule has 0 aromatic carbocycles. The molecule has 0 fully saturated rings. The highest BCUT2D eigenvalue weighted by atomic mass is 14.9. The Hall–Kier alpha value is -0.0400. The zero-order valence-corrected chi connectivity index (χ0v) is 12.0. The van der Waals surface area contributed by atoms with Crippen LogP contribution in [0.25, 0.3) is 0 Å². The van der Waals surface area contributed by atoms with Gasteiger partial charge in [0.2, 0.25) is 0 Å². The van der Waals surface area contributed by atoms with Gasteiger partial charge >= 0.3 is 0 Å². The Labute approximate surface area is 103 Å². The Morgan fingerprint density at radius 1 is 0.812 bits per heavy atom. The van der Waals surface area contributed by atoms with E-state index in [1.807, 2.05) is 0 Å². The standard InChI is InChI=1S/C15H33N/c1-5-8-9-10-11-13-14(4)16-15(7-3)12-6-2/h14-16H,5-13H2,1-4H3. The van der Waals surface area contributed by atoms with Crippen LogP contribution in [0, 0.1) is 0 Å². The summed E-state index contributed by atoms with van der Waals surface area (Å²) < 4.78 is 0. The topological polar surface area (TPSA) is 12.0 Å². The highest BCUT2D eigenvalue weighted by Gasteiger charge is 2.08. The Morgan fingerprint density at radius 3 is 2.06 bits per heavy atom. The van der Waals surface area contributed by atoms with E-state index in [0.29, 0.717) is 6.04 Å². The van der Waals surface area contributed by atoms with Crippen LogP contribution in [0.5, 0.6) is 0 Å². The number of hydrogen-bond acceptors (Lipinski definition) is 1. The summed E-state index contributed by atoms with van der Waals surface area (Å²) >= 11 is 0. The molecule has 0 saturated heterocycles. The SMILES string of the molecule is CCCCCCCC(C)NC(CC)CCC. The zero-order chi connectivity index (χ0) is 12.2. The Morgan fingerprint density at radius 2 is 1.50 bits per heavy atom. The minimum atomic E-state index is 0.707. The van der Waals surface area contributed by atoms with Crippen LogP contribution in [0.1, 0.15) is 85.5 Å². The molecule has 1 nitrogen and oxygen atoms in total. The Kier molecular flexibility index (Phi) is 11.4. The fourth-order valence-electron chi connectivity index (χ4n) is 2.29. The van der Waals surface area contributed by atoms with Crippen molar-refractivity contribution in [2.75, 3.05) is 0 Å². The number of hydrogen-bond donors (Lipinski definition) is 1. The summed E-state index contributed by atoms with van der Waals surface area (Å²) in [6.07, 6.45) is 12.3. The van der Waals surface area contributed by atoms with Crippen molar-refractivity contribution >= 4 is 0 Å². The highest BCUT2D eigenvalue weighted by molar-refractivity contribution is 4.69. The summed E-state index contributed by atoms with van der Waals surface area (Å²) in [4.78, 5) is 0. The summed E-state index contributed by atoms with van der Waals surface area (Å²) in [7, 11) is 0. The summed E-state index contributed by atoms with van der Waals surface area (Å²) in [5.41, 5.74) is 0. The van der Waals surface area contributed by atoms with Crippen LogP contribution in [0.15, 0.2) is 0 Å². The third-order valence-electron chi connectivity index (χ3n) is 3.39. The van der Waals surface area contributed by atoms with Crippen LogP contribution in [0.3, 0.4) is 0 Å². The van der Waals surface area contributed by atoms with E-state index in [9.17, 15) is 0 Å². The van der Waals surface area contributed by atoms with Gasteiger partial charge in [0.05, 0.1) is 0 Å². The number of nitrogens with one attached hydrogen (secondary N) is 1. The minimum absolute atomic E-state index is 0.707. The highest BCUT2D eigenvalue weighted by Crippen LogP contribution is 2.09. The minimum Gasteiger partial charge on any atom is -0.312 e. The largest absolute Gasteiger partial charge is 0.312 e.